The number of benzene rings is 2. The number of nitro groups is 1. The van der Waals surface area contributed by atoms with Crippen LogP contribution >= 0.6 is 0 Å². The molecule has 23 heavy (non-hydrogen) atoms. The van der Waals surface area contributed by atoms with E-state index in [0.29, 0.717) is 11.3 Å². The van der Waals surface area contributed by atoms with Crippen LogP contribution in [0.2, 0.25) is 0 Å². The van der Waals surface area contributed by atoms with Crippen LogP contribution in [-0.2, 0) is 6.54 Å². The molecule has 2 aromatic carbocycles. The molecule has 0 radical (unpaired) electrons. The van der Waals surface area contributed by atoms with Gasteiger partial charge < -0.3 is 5.11 Å². The number of non-ortho nitro benzene ring substituents is 1. The molecule has 1 N–H and O–H groups in total. The highest BCUT2D eigenvalue weighted by Gasteiger charge is 2.14. The maximum absolute atomic E-state index is 10.8. The molecule has 3 aromatic rings. The fourth-order valence-electron chi connectivity index (χ4n) is 2.26. The molecule has 7 heteroatoms. The second-order valence-corrected chi connectivity index (χ2v) is 5.06. The molecular weight excluding hydrogens is 296 g/mol. The lowest BCUT2D eigenvalue weighted by molar-refractivity contribution is -0.385. The van der Waals surface area contributed by atoms with Gasteiger partial charge in [0.15, 0.2) is 0 Å². The van der Waals surface area contributed by atoms with E-state index in [1.165, 1.54) is 16.8 Å². The van der Waals surface area contributed by atoms with E-state index in [1.54, 1.807) is 18.3 Å². The van der Waals surface area contributed by atoms with Gasteiger partial charge in [0.05, 0.1) is 23.8 Å². The maximum Gasteiger partial charge on any atom is 0.269 e. The second-order valence-electron chi connectivity index (χ2n) is 5.06. The van der Waals surface area contributed by atoms with Crippen LogP contribution in [0.25, 0.3) is 11.3 Å². The number of aliphatic hydroxyl groups excluding tert-OH is 1. The van der Waals surface area contributed by atoms with Gasteiger partial charge in [0, 0.05) is 17.7 Å². The summed E-state index contributed by atoms with van der Waals surface area (Å²) in [6.45, 7) is 0.168. The zero-order chi connectivity index (χ0) is 16.2. The molecule has 1 heterocycles. The molecule has 0 amide bonds. The third-order valence-corrected chi connectivity index (χ3v) is 3.43. The standard InChI is InChI=1S/C16H14N4O3/c21-16(13-7-4-8-14(9-13)20(22)23)11-19-10-15(17-18-19)12-5-2-1-3-6-12/h1-10,16,21H,11H2/t16-/m1/s1. The van der Waals surface area contributed by atoms with E-state index >= 15 is 0 Å². The van der Waals surface area contributed by atoms with Crippen molar-refractivity contribution in [2.45, 2.75) is 12.6 Å². The van der Waals surface area contributed by atoms with Crippen molar-refractivity contribution < 1.29 is 10.0 Å². The number of hydrogen-bond acceptors (Lipinski definition) is 5. The molecular formula is C16H14N4O3. The fraction of sp³-hybridized carbons (Fsp3) is 0.125. The van der Waals surface area contributed by atoms with Gasteiger partial charge in [0.1, 0.15) is 5.69 Å². The molecule has 0 bridgehead atoms. The molecule has 0 aliphatic heterocycles. The molecule has 7 nitrogen and oxygen atoms in total. The predicted molar refractivity (Wildman–Crippen MR) is 83.5 cm³/mol. The van der Waals surface area contributed by atoms with Crippen LogP contribution in [-0.4, -0.2) is 25.0 Å². The monoisotopic (exact) mass is 310 g/mol. The lowest BCUT2D eigenvalue weighted by atomic mass is 10.1. The number of aliphatic hydroxyl groups is 1. The summed E-state index contributed by atoms with van der Waals surface area (Å²) in [6.07, 6.45) is 0.829. The Hall–Kier alpha value is -3.06. The molecule has 0 saturated heterocycles. The number of hydrogen-bond donors (Lipinski definition) is 1. The highest BCUT2D eigenvalue weighted by molar-refractivity contribution is 5.57. The minimum Gasteiger partial charge on any atom is -0.386 e. The van der Waals surface area contributed by atoms with Crippen LogP contribution in [0.15, 0.2) is 60.8 Å². The van der Waals surface area contributed by atoms with E-state index in [9.17, 15) is 15.2 Å². The number of nitrogens with zero attached hydrogens (tertiary/aromatic N) is 4. The molecule has 0 unspecified atom stereocenters. The van der Waals surface area contributed by atoms with Crippen molar-refractivity contribution in [3.05, 3.63) is 76.5 Å². The summed E-state index contributed by atoms with van der Waals surface area (Å²) in [5, 5.41) is 29.1. The zero-order valence-electron chi connectivity index (χ0n) is 12.1. The Morgan fingerprint density at radius 2 is 1.96 bits per heavy atom. The lowest BCUT2D eigenvalue weighted by Gasteiger charge is -2.10. The van der Waals surface area contributed by atoms with E-state index in [0.717, 1.165) is 5.56 Å². The van der Waals surface area contributed by atoms with Crippen molar-refractivity contribution in [1.82, 2.24) is 15.0 Å². The Balaban J connectivity index is 1.76. The van der Waals surface area contributed by atoms with Gasteiger partial charge >= 0.3 is 0 Å². The van der Waals surface area contributed by atoms with E-state index in [-0.39, 0.29) is 12.2 Å². The van der Waals surface area contributed by atoms with Gasteiger partial charge in [-0.3, -0.25) is 10.1 Å². The van der Waals surface area contributed by atoms with Gasteiger partial charge in [-0.15, -0.1) is 5.10 Å². The van der Waals surface area contributed by atoms with Crippen molar-refractivity contribution in [3.8, 4) is 11.3 Å². The topological polar surface area (TPSA) is 94.1 Å². The molecule has 1 aromatic heterocycles. The highest BCUT2D eigenvalue weighted by Crippen LogP contribution is 2.21. The third kappa shape index (κ3) is 3.41. The van der Waals surface area contributed by atoms with Crippen molar-refractivity contribution in [3.63, 3.8) is 0 Å². The molecule has 0 spiro atoms. The molecule has 3 rings (SSSR count). The summed E-state index contributed by atoms with van der Waals surface area (Å²) in [6, 6.07) is 15.5. The average Bonchev–Trinajstić information content (AvgIpc) is 3.04. The minimum atomic E-state index is -0.903. The summed E-state index contributed by atoms with van der Waals surface area (Å²) in [7, 11) is 0. The second kappa shape index (κ2) is 6.37. The van der Waals surface area contributed by atoms with Crippen LogP contribution in [0.3, 0.4) is 0 Å². The summed E-state index contributed by atoms with van der Waals surface area (Å²) >= 11 is 0. The van der Waals surface area contributed by atoms with Crippen molar-refractivity contribution in [2.24, 2.45) is 0 Å². The first kappa shape index (κ1) is 14.9. The summed E-state index contributed by atoms with van der Waals surface area (Å²) in [5.41, 5.74) is 2.06. The minimum absolute atomic E-state index is 0.0508. The Bertz CT molecular complexity index is 817. The molecule has 1 atom stereocenters. The van der Waals surface area contributed by atoms with Crippen LogP contribution in [0.1, 0.15) is 11.7 Å². The van der Waals surface area contributed by atoms with E-state index < -0.39 is 11.0 Å². The summed E-state index contributed by atoms with van der Waals surface area (Å²) in [5.74, 6) is 0. The van der Waals surface area contributed by atoms with Gasteiger partial charge in [-0.1, -0.05) is 47.7 Å². The van der Waals surface area contributed by atoms with Crippen molar-refractivity contribution in [1.29, 1.82) is 0 Å². The Morgan fingerprint density at radius 1 is 1.17 bits per heavy atom. The molecule has 0 saturated carbocycles. The first-order valence-electron chi connectivity index (χ1n) is 7.01. The van der Waals surface area contributed by atoms with Gasteiger partial charge in [-0.05, 0) is 5.56 Å². The Kier molecular flexibility index (Phi) is 4.11. The quantitative estimate of drug-likeness (QED) is 0.577. The maximum atomic E-state index is 10.8. The van der Waals surface area contributed by atoms with E-state index in [2.05, 4.69) is 10.3 Å². The van der Waals surface area contributed by atoms with Crippen LogP contribution in [0, 0.1) is 10.1 Å². The average molecular weight is 310 g/mol. The lowest BCUT2D eigenvalue weighted by Crippen LogP contribution is -2.09. The third-order valence-electron chi connectivity index (χ3n) is 3.43. The summed E-state index contributed by atoms with van der Waals surface area (Å²) in [4.78, 5) is 10.3. The number of rotatable bonds is 5. The molecule has 0 aliphatic carbocycles. The van der Waals surface area contributed by atoms with Crippen molar-refractivity contribution >= 4 is 5.69 Å². The van der Waals surface area contributed by atoms with Crippen LogP contribution < -0.4 is 0 Å². The Labute approximate surface area is 132 Å². The first-order chi connectivity index (χ1) is 11.1. The van der Waals surface area contributed by atoms with Gasteiger partial charge in [0.2, 0.25) is 0 Å². The fourth-order valence-corrected chi connectivity index (χ4v) is 2.26. The van der Waals surface area contributed by atoms with Gasteiger partial charge in [-0.25, -0.2) is 4.68 Å². The van der Waals surface area contributed by atoms with Crippen LogP contribution in [0.5, 0.6) is 0 Å². The normalized spacial score (nSPS) is 12.0. The molecule has 0 aliphatic rings. The molecule has 0 fully saturated rings. The number of nitro benzene ring substituents is 1. The smallest absolute Gasteiger partial charge is 0.269 e. The zero-order valence-corrected chi connectivity index (χ0v) is 12.1. The van der Waals surface area contributed by atoms with E-state index in [4.69, 9.17) is 0 Å². The van der Waals surface area contributed by atoms with Crippen LogP contribution in [0.4, 0.5) is 5.69 Å². The summed E-state index contributed by atoms with van der Waals surface area (Å²) < 4.78 is 1.52. The van der Waals surface area contributed by atoms with Gasteiger partial charge in [0.25, 0.3) is 5.69 Å². The first-order valence-corrected chi connectivity index (χ1v) is 7.01. The molecule has 116 valence electrons. The highest BCUT2D eigenvalue weighted by atomic mass is 16.6. The largest absolute Gasteiger partial charge is 0.386 e. The van der Waals surface area contributed by atoms with Crippen molar-refractivity contribution in [2.75, 3.05) is 0 Å². The van der Waals surface area contributed by atoms with Gasteiger partial charge in [-0.2, -0.15) is 0 Å². The Morgan fingerprint density at radius 3 is 2.70 bits per heavy atom. The SMILES string of the molecule is O=[N+]([O-])c1cccc([C@H](O)Cn2cc(-c3ccccc3)nn2)c1. The predicted octanol–water partition coefficient (Wildman–Crippen LogP) is 2.59. The van der Waals surface area contributed by atoms with E-state index in [1.807, 2.05) is 30.3 Å². The number of aromatic nitrogens is 3.